The molecule has 1 aliphatic rings. The summed E-state index contributed by atoms with van der Waals surface area (Å²) in [6.45, 7) is 0.737. The third-order valence-electron chi connectivity index (χ3n) is 2.17. The van der Waals surface area contributed by atoms with Crippen molar-refractivity contribution in [2.45, 2.75) is 12.8 Å². The van der Waals surface area contributed by atoms with Crippen molar-refractivity contribution in [3.8, 4) is 0 Å². The van der Waals surface area contributed by atoms with Gasteiger partial charge >= 0.3 is 0 Å². The summed E-state index contributed by atoms with van der Waals surface area (Å²) in [6, 6.07) is 0. The molecule has 13 heavy (non-hydrogen) atoms. The zero-order chi connectivity index (χ0) is 10.1. The summed E-state index contributed by atoms with van der Waals surface area (Å²) in [7, 11) is -3.17. The maximum atomic E-state index is 11.1. The van der Waals surface area contributed by atoms with Crippen molar-refractivity contribution in [1.82, 2.24) is 4.31 Å². The van der Waals surface area contributed by atoms with Crippen LogP contribution in [-0.4, -0.2) is 37.3 Å². The van der Waals surface area contributed by atoms with Crippen molar-refractivity contribution in [3.63, 3.8) is 0 Å². The van der Waals surface area contributed by atoms with Crippen LogP contribution in [-0.2, 0) is 14.8 Å². The zero-order valence-corrected chi connectivity index (χ0v) is 8.94. The number of hydrogen-bond acceptors (Lipinski definition) is 3. The third-order valence-corrected chi connectivity index (χ3v) is 3.75. The van der Waals surface area contributed by atoms with Gasteiger partial charge in [-0.3, -0.25) is 4.79 Å². The highest BCUT2D eigenvalue weighted by Gasteiger charge is 2.28. The summed E-state index contributed by atoms with van der Waals surface area (Å²) in [6.07, 6.45) is 2.54. The maximum absolute atomic E-state index is 11.1. The van der Waals surface area contributed by atoms with Crippen LogP contribution in [0.25, 0.3) is 0 Å². The second-order valence-electron chi connectivity index (χ2n) is 3.26. The lowest BCUT2D eigenvalue weighted by atomic mass is 10.0. The number of piperidine rings is 1. The molecule has 0 N–H and O–H groups in total. The second kappa shape index (κ2) is 3.94. The molecule has 0 amide bonds. The summed E-state index contributed by atoms with van der Waals surface area (Å²) in [5.41, 5.74) is 0. The molecule has 0 radical (unpaired) electrons. The highest BCUT2D eigenvalue weighted by Crippen LogP contribution is 2.20. The van der Waals surface area contributed by atoms with Crippen LogP contribution < -0.4 is 0 Å². The van der Waals surface area contributed by atoms with Crippen LogP contribution in [0, 0.1) is 5.92 Å². The lowest BCUT2D eigenvalue weighted by Gasteiger charge is -2.28. The monoisotopic (exact) mass is 225 g/mol. The van der Waals surface area contributed by atoms with Gasteiger partial charge < -0.3 is 0 Å². The van der Waals surface area contributed by atoms with Gasteiger partial charge in [-0.05, 0) is 24.4 Å². The molecule has 1 rings (SSSR count). The SMILES string of the molecule is CS(=O)(=O)N1CCCC(C(=O)Cl)C1. The smallest absolute Gasteiger partial charge is 0.226 e. The van der Waals surface area contributed by atoms with Crippen molar-refractivity contribution in [2.75, 3.05) is 19.3 Å². The molecule has 76 valence electrons. The van der Waals surface area contributed by atoms with Gasteiger partial charge in [-0.2, -0.15) is 0 Å². The first kappa shape index (κ1) is 10.9. The Labute approximate surface area is 82.9 Å². The molecule has 0 bridgehead atoms. The van der Waals surface area contributed by atoms with Crippen LogP contribution in [0.5, 0.6) is 0 Å². The molecule has 6 heteroatoms. The largest absolute Gasteiger partial charge is 0.281 e. The maximum Gasteiger partial charge on any atom is 0.226 e. The van der Waals surface area contributed by atoms with E-state index in [0.29, 0.717) is 19.4 Å². The summed E-state index contributed by atoms with van der Waals surface area (Å²) in [5, 5.41) is -0.437. The van der Waals surface area contributed by atoms with E-state index in [9.17, 15) is 13.2 Å². The molecule has 0 aliphatic carbocycles. The molecule has 0 aromatic heterocycles. The Balaban J connectivity index is 2.67. The molecular weight excluding hydrogens is 214 g/mol. The van der Waals surface area contributed by atoms with Crippen molar-refractivity contribution in [3.05, 3.63) is 0 Å². The minimum Gasteiger partial charge on any atom is -0.281 e. The number of carbonyl (C=O) groups excluding carboxylic acids is 1. The van der Waals surface area contributed by atoms with Gasteiger partial charge in [-0.1, -0.05) is 0 Å². The molecule has 0 spiro atoms. The second-order valence-corrected chi connectivity index (χ2v) is 5.62. The van der Waals surface area contributed by atoms with Gasteiger partial charge in [0.15, 0.2) is 0 Å². The Hall–Kier alpha value is -0.130. The standard InChI is InChI=1S/C7H12ClNO3S/c1-13(11,12)9-4-2-3-6(5-9)7(8)10/h6H,2-5H2,1H3. The molecule has 1 aliphatic heterocycles. The minimum absolute atomic E-state index is 0.237. The van der Waals surface area contributed by atoms with Gasteiger partial charge in [0.25, 0.3) is 0 Å². The molecule has 1 unspecified atom stereocenters. The predicted octanol–water partition coefficient (Wildman–Crippen LogP) is 0.423. The summed E-state index contributed by atoms with van der Waals surface area (Å²) in [4.78, 5) is 10.8. The van der Waals surface area contributed by atoms with E-state index in [0.717, 1.165) is 6.26 Å². The predicted molar refractivity (Wildman–Crippen MR) is 50.0 cm³/mol. The molecule has 4 nitrogen and oxygen atoms in total. The number of hydrogen-bond donors (Lipinski definition) is 0. The van der Waals surface area contributed by atoms with Gasteiger partial charge in [-0.25, -0.2) is 12.7 Å². The van der Waals surface area contributed by atoms with Gasteiger partial charge in [-0.15, -0.1) is 0 Å². The van der Waals surface area contributed by atoms with E-state index < -0.39 is 15.3 Å². The van der Waals surface area contributed by atoms with Crippen molar-refractivity contribution in [2.24, 2.45) is 5.92 Å². The number of rotatable bonds is 2. The number of carbonyl (C=O) groups is 1. The van der Waals surface area contributed by atoms with E-state index in [1.54, 1.807) is 0 Å². The average Bonchev–Trinajstić information content (AvgIpc) is 2.03. The zero-order valence-electron chi connectivity index (χ0n) is 7.36. The molecule has 0 saturated carbocycles. The quantitative estimate of drug-likeness (QED) is 0.641. The topological polar surface area (TPSA) is 54.5 Å². The first-order chi connectivity index (χ1) is 5.91. The highest BCUT2D eigenvalue weighted by molar-refractivity contribution is 7.88. The fraction of sp³-hybridized carbons (Fsp3) is 0.857. The Bertz CT molecular complexity index is 301. The molecular formula is C7H12ClNO3S. The van der Waals surface area contributed by atoms with Gasteiger partial charge in [0.05, 0.1) is 6.26 Å². The molecule has 1 heterocycles. The number of halogens is 1. The van der Waals surface area contributed by atoms with Crippen LogP contribution in [0.15, 0.2) is 0 Å². The minimum atomic E-state index is -3.17. The van der Waals surface area contributed by atoms with Crippen molar-refractivity contribution in [1.29, 1.82) is 0 Å². The molecule has 1 saturated heterocycles. The van der Waals surface area contributed by atoms with Gasteiger partial charge in [0.2, 0.25) is 15.3 Å². The Morgan fingerprint density at radius 2 is 2.15 bits per heavy atom. The molecule has 0 aromatic carbocycles. The first-order valence-electron chi connectivity index (χ1n) is 4.05. The first-order valence-corrected chi connectivity index (χ1v) is 6.28. The number of nitrogens with zero attached hydrogens (tertiary/aromatic N) is 1. The fourth-order valence-electron chi connectivity index (χ4n) is 1.43. The average molecular weight is 226 g/mol. The van der Waals surface area contributed by atoms with E-state index in [2.05, 4.69) is 0 Å². The van der Waals surface area contributed by atoms with Crippen molar-refractivity contribution < 1.29 is 13.2 Å². The third kappa shape index (κ3) is 2.93. The lowest BCUT2D eigenvalue weighted by Crippen LogP contribution is -2.40. The van der Waals surface area contributed by atoms with Crippen molar-refractivity contribution >= 4 is 26.9 Å². The Morgan fingerprint density at radius 3 is 2.62 bits per heavy atom. The van der Waals surface area contributed by atoms with E-state index in [1.807, 2.05) is 0 Å². The van der Waals surface area contributed by atoms with E-state index >= 15 is 0 Å². The van der Waals surface area contributed by atoms with Gasteiger partial charge in [0.1, 0.15) is 0 Å². The fourth-order valence-corrected chi connectivity index (χ4v) is 2.52. The van der Waals surface area contributed by atoms with Crippen LogP contribution >= 0.6 is 11.6 Å². The van der Waals surface area contributed by atoms with Gasteiger partial charge in [0, 0.05) is 19.0 Å². The number of sulfonamides is 1. The van der Waals surface area contributed by atoms with Crippen LogP contribution in [0.1, 0.15) is 12.8 Å². The Kier molecular flexibility index (Phi) is 3.32. The highest BCUT2D eigenvalue weighted by atomic mass is 35.5. The van der Waals surface area contributed by atoms with Crippen LogP contribution in [0.2, 0.25) is 0 Å². The summed E-state index contributed by atoms with van der Waals surface area (Å²) < 4.78 is 23.6. The summed E-state index contributed by atoms with van der Waals surface area (Å²) in [5.74, 6) is -0.329. The summed E-state index contributed by atoms with van der Waals surface area (Å²) >= 11 is 5.31. The van der Waals surface area contributed by atoms with E-state index in [-0.39, 0.29) is 12.5 Å². The Morgan fingerprint density at radius 1 is 1.54 bits per heavy atom. The normalized spacial score (nSPS) is 25.8. The van der Waals surface area contributed by atoms with Crippen LogP contribution in [0.3, 0.4) is 0 Å². The molecule has 1 atom stereocenters. The van der Waals surface area contributed by atoms with E-state index in [1.165, 1.54) is 4.31 Å². The van der Waals surface area contributed by atoms with E-state index in [4.69, 9.17) is 11.6 Å². The lowest BCUT2D eigenvalue weighted by molar-refractivity contribution is -0.116. The molecule has 0 aromatic rings. The van der Waals surface area contributed by atoms with Crippen LogP contribution in [0.4, 0.5) is 0 Å². The molecule has 1 fully saturated rings.